The lowest BCUT2D eigenvalue weighted by Gasteiger charge is -2.31. The van der Waals surface area contributed by atoms with Crippen LogP contribution in [0.5, 0.6) is 0 Å². The lowest BCUT2D eigenvalue weighted by atomic mass is 10.2. The molecule has 1 aliphatic rings. The SMILES string of the molecule is Cc1ccc([N+](=O)[O-])cc1S(=O)(=O)N1CCNC(C)C1.Cl. The fourth-order valence-corrected chi connectivity index (χ4v) is 4.01. The van der Waals surface area contributed by atoms with Crippen molar-refractivity contribution in [1.29, 1.82) is 0 Å². The normalized spacial score (nSPS) is 19.8. The first kappa shape index (κ1) is 17.8. The van der Waals surface area contributed by atoms with Gasteiger partial charge in [-0.05, 0) is 19.4 Å². The lowest BCUT2D eigenvalue weighted by Crippen LogP contribution is -2.51. The van der Waals surface area contributed by atoms with E-state index in [1.165, 1.54) is 16.4 Å². The van der Waals surface area contributed by atoms with E-state index in [4.69, 9.17) is 0 Å². The molecule has 1 heterocycles. The second kappa shape index (κ2) is 6.69. The van der Waals surface area contributed by atoms with Gasteiger partial charge >= 0.3 is 0 Å². The number of nitro benzene ring substituents is 1. The summed E-state index contributed by atoms with van der Waals surface area (Å²) in [6.07, 6.45) is 0. The summed E-state index contributed by atoms with van der Waals surface area (Å²) in [5.41, 5.74) is 0.305. The summed E-state index contributed by atoms with van der Waals surface area (Å²) in [6, 6.07) is 3.99. The van der Waals surface area contributed by atoms with Gasteiger partial charge in [-0.15, -0.1) is 12.4 Å². The minimum Gasteiger partial charge on any atom is -0.312 e. The summed E-state index contributed by atoms with van der Waals surface area (Å²) in [6.45, 7) is 4.86. The highest BCUT2D eigenvalue weighted by Crippen LogP contribution is 2.25. The first-order chi connectivity index (χ1) is 9.32. The average molecular weight is 336 g/mol. The average Bonchev–Trinajstić information content (AvgIpc) is 2.38. The van der Waals surface area contributed by atoms with Crippen LogP contribution in [0.15, 0.2) is 23.1 Å². The third-order valence-electron chi connectivity index (χ3n) is 3.33. The second-order valence-corrected chi connectivity index (χ2v) is 6.83. The van der Waals surface area contributed by atoms with E-state index in [0.29, 0.717) is 25.2 Å². The predicted molar refractivity (Wildman–Crippen MR) is 81.3 cm³/mol. The van der Waals surface area contributed by atoms with Gasteiger partial charge in [0.15, 0.2) is 0 Å². The zero-order valence-electron chi connectivity index (χ0n) is 11.8. The molecular weight excluding hydrogens is 318 g/mol. The van der Waals surface area contributed by atoms with Crippen LogP contribution in [0.4, 0.5) is 5.69 Å². The zero-order valence-corrected chi connectivity index (χ0v) is 13.4. The van der Waals surface area contributed by atoms with Crippen molar-refractivity contribution in [2.24, 2.45) is 0 Å². The molecule has 0 bridgehead atoms. The third-order valence-corrected chi connectivity index (χ3v) is 5.34. The first-order valence-electron chi connectivity index (χ1n) is 6.31. The molecule has 2 rings (SSSR count). The van der Waals surface area contributed by atoms with E-state index in [1.54, 1.807) is 6.92 Å². The van der Waals surface area contributed by atoms with Gasteiger partial charge < -0.3 is 5.32 Å². The second-order valence-electron chi connectivity index (χ2n) is 4.93. The van der Waals surface area contributed by atoms with Crippen molar-refractivity contribution in [3.8, 4) is 0 Å². The molecule has 9 heteroatoms. The summed E-state index contributed by atoms with van der Waals surface area (Å²) >= 11 is 0. The predicted octanol–water partition coefficient (Wildman–Crippen LogP) is 1.31. The van der Waals surface area contributed by atoms with Gasteiger partial charge in [0.1, 0.15) is 0 Å². The molecular formula is C12H18ClN3O4S. The number of benzene rings is 1. The number of nitrogens with zero attached hydrogens (tertiary/aromatic N) is 2. The number of non-ortho nitro benzene ring substituents is 1. The molecule has 21 heavy (non-hydrogen) atoms. The Balaban J connectivity index is 0.00000220. The fraction of sp³-hybridized carbons (Fsp3) is 0.500. The minimum atomic E-state index is -3.69. The monoisotopic (exact) mass is 335 g/mol. The van der Waals surface area contributed by atoms with Crippen LogP contribution in [-0.4, -0.2) is 43.3 Å². The molecule has 1 unspecified atom stereocenters. The number of aryl methyl sites for hydroxylation is 1. The van der Waals surface area contributed by atoms with E-state index >= 15 is 0 Å². The highest BCUT2D eigenvalue weighted by atomic mass is 35.5. The van der Waals surface area contributed by atoms with Crippen molar-refractivity contribution in [2.75, 3.05) is 19.6 Å². The van der Waals surface area contributed by atoms with E-state index in [0.717, 1.165) is 6.07 Å². The van der Waals surface area contributed by atoms with Crippen LogP contribution < -0.4 is 5.32 Å². The van der Waals surface area contributed by atoms with Crippen molar-refractivity contribution in [1.82, 2.24) is 9.62 Å². The molecule has 0 aliphatic carbocycles. The van der Waals surface area contributed by atoms with Gasteiger partial charge in [0, 0.05) is 37.8 Å². The molecule has 0 saturated carbocycles. The Morgan fingerprint density at radius 2 is 2.10 bits per heavy atom. The summed E-state index contributed by atoms with van der Waals surface area (Å²) in [4.78, 5) is 10.2. The Hall–Kier alpha value is -1.22. The number of sulfonamides is 1. The quantitative estimate of drug-likeness (QED) is 0.664. The largest absolute Gasteiger partial charge is 0.312 e. The van der Waals surface area contributed by atoms with Crippen molar-refractivity contribution < 1.29 is 13.3 Å². The van der Waals surface area contributed by atoms with Gasteiger partial charge in [0.25, 0.3) is 5.69 Å². The van der Waals surface area contributed by atoms with Gasteiger partial charge in [-0.25, -0.2) is 8.42 Å². The molecule has 0 aromatic heterocycles. The van der Waals surface area contributed by atoms with Crippen LogP contribution in [0.1, 0.15) is 12.5 Å². The molecule has 118 valence electrons. The molecule has 1 fully saturated rings. The smallest absolute Gasteiger partial charge is 0.270 e. The number of nitrogens with one attached hydrogen (secondary N) is 1. The summed E-state index contributed by atoms with van der Waals surface area (Å²) in [5.74, 6) is 0. The highest BCUT2D eigenvalue weighted by Gasteiger charge is 2.30. The Labute approximate surface area is 129 Å². The molecule has 1 atom stereocenters. The van der Waals surface area contributed by atoms with Crippen molar-refractivity contribution in [3.05, 3.63) is 33.9 Å². The van der Waals surface area contributed by atoms with E-state index in [2.05, 4.69) is 5.32 Å². The van der Waals surface area contributed by atoms with Gasteiger partial charge in [-0.2, -0.15) is 4.31 Å². The van der Waals surface area contributed by atoms with Crippen LogP contribution in [0.2, 0.25) is 0 Å². The first-order valence-corrected chi connectivity index (χ1v) is 7.75. The van der Waals surface area contributed by atoms with Crippen LogP contribution >= 0.6 is 12.4 Å². The highest BCUT2D eigenvalue weighted by molar-refractivity contribution is 7.89. The van der Waals surface area contributed by atoms with Crippen molar-refractivity contribution in [3.63, 3.8) is 0 Å². The van der Waals surface area contributed by atoms with E-state index < -0.39 is 14.9 Å². The van der Waals surface area contributed by atoms with Crippen LogP contribution in [0.3, 0.4) is 0 Å². The molecule has 0 radical (unpaired) electrons. The number of halogens is 1. The maximum atomic E-state index is 12.6. The number of piperazine rings is 1. The standard InChI is InChI=1S/C12H17N3O4S.ClH/c1-9-3-4-11(15(16)17)7-12(9)20(18,19)14-6-5-13-10(2)8-14;/h3-4,7,10,13H,5-6,8H2,1-2H3;1H. The molecule has 1 saturated heterocycles. The van der Waals surface area contributed by atoms with Crippen molar-refractivity contribution in [2.45, 2.75) is 24.8 Å². The Morgan fingerprint density at radius 1 is 1.43 bits per heavy atom. The summed E-state index contributed by atoms with van der Waals surface area (Å²) in [5, 5.41) is 14.0. The molecule has 1 aliphatic heterocycles. The van der Waals surface area contributed by atoms with Crippen LogP contribution in [0.25, 0.3) is 0 Å². The van der Waals surface area contributed by atoms with Gasteiger partial charge in [-0.1, -0.05) is 6.07 Å². The van der Waals surface area contributed by atoms with E-state index in [1.807, 2.05) is 6.92 Å². The molecule has 1 aromatic rings. The molecule has 7 nitrogen and oxygen atoms in total. The Morgan fingerprint density at radius 3 is 2.67 bits per heavy atom. The Kier molecular flexibility index (Phi) is 5.68. The van der Waals surface area contributed by atoms with Crippen molar-refractivity contribution >= 4 is 28.1 Å². The maximum absolute atomic E-state index is 12.6. The number of hydrogen-bond donors (Lipinski definition) is 1. The van der Waals surface area contributed by atoms with Crippen LogP contribution in [0, 0.1) is 17.0 Å². The number of nitro groups is 1. The molecule has 1 aromatic carbocycles. The third kappa shape index (κ3) is 3.70. The van der Waals surface area contributed by atoms with Gasteiger partial charge in [-0.3, -0.25) is 10.1 Å². The minimum absolute atomic E-state index is 0. The summed E-state index contributed by atoms with van der Waals surface area (Å²) < 4.78 is 26.6. The topological polar surface area (TPSA) is 92.5 Å². The lowest BCUT2D eigenvalue weighted by molar-refractivity contribution is -0.385. The maximum Gasteiger partial charge on any atom is 0.270 e. The fourth-order valence-electron chi connectivity index (χ4n) is 2.23. The van der Waals surface area contributed by atoms with E-state index in [9.17, 15) is 18.5 Å². The number of rotatable bonds is 3. The number of hydrogen-bond acceptors (Lipinski definition) is 5. The van der Waals surface area contributed by atoms with Gasteiger partial charge in [0.05, 0.1) is 9.82 Å². The van der Waals surface area contributed by atoms with E-state index in [-0.39, 0.29) is 29.0 Å². The molecule has 0 spiro atoms. The van der Waals surface area contributed by atoms with Gasteiger partial charge in [0.2, 0.25) is 10.0 Å². The molecule has 0 amide bonds. The van der Waals surface area contributed by atoms with Crippen LogP contribution in [-0.2, 0) is 10.0 Å². The Bertz CT molecular complexity index is 635. The molecule has 1 N–H and O–H groups in total. The zero-order chi connectivity index (χ0) is 14.9. The summed E-state index contributed by atoms with van der Waals surface area (Å²) in [7, 11) is -3.69.